The van der Waals surface area contributed by atoms with Gasteiger partial charge in [0, 0.05) is 24.3 Å². The number of ether oxygens (including phenoxy) is 12. The number of esters is 8. The Hall–Kier alpha value is -10.8. The van der Waals surface area contributed by atoms with Crippen LogP contribution in [0.5, 0.6) is 46.0 Å². The molecule has 0 amide bonds. The Morgan fingerprint density at radius 2 is 0.427 bits per heavy atom. The van der Waals surface area contributed by atoms with Gasteiger partial charge < -0.3 is 56.8 Å². The molecule has 0 spiro atoms. The molecule has 110 heavy (non-hydrogen) atoms. The molecular weight excluding hydrogens is 1400 g/mol. The molecular formula is C90H110O20. The van der Waals surface area contributed by atoms with E-state index in [1.165, 1.54) is 24.3 Å². The molecule has 0 atom stereocenters. The lowest BCUT2D eigenvalue weighted by Gasteiger charge is -2.14. The summed E-state index contributed by atoms with van der Waals surface area (Å²) < 4.78 is 68.1. The highest BCUT2D eigenvalue weighted by atomic mass is 16.6. The summed E-state index contributed by atoms with van der Waals surface area (Å²) in [6.45, 7) is 17.3. The molecule has 20 heteroatoms. The standard InChI is InChI=1S/C90H110O20/c1-5-83(91)103-63-33-23-13-9-19-29-59-99-75-47-39-69(40-48-75)87(95)107-79-55-57-81(109-89(97)71-43-51-77(52-44-71)101-61-31-21-11-15-25-35-65-105-85(93)7-3)73(67-79)37-27-17-18-28-38-74-68-80(108-88(96)70-41-49-76(50-42-70)100-60-30-20-10-14-24-34-64-104-84(92)6-2)56-58-82(74)110-90(98)72-45-53-78(54-46-72)102-62-32-22-12-16-26-36-66-106-86(94)8-4/h5-8,39-58,67-68H,1-4,9-38,59-66H2. The van der Waals surface area contributed by atoms with Gasteiger partial charge in [0.05, 0.1) is 75.1 Å². The van der Waals surface area contributed by atoms with Gasteiger partial charge in [-0.15, -0.1) is 0 Å². The molecule has 0 aliphatic heterocycles. The van der Waals surface area contributed by atoms with Gasteiger partial charge in [-0.1, -0.05) is 142 Å². The molecule has 6 rings (SSSR count). The number of rotatable bonds is 59. The average Bonchev–Trinajstić information content (AvgIpc) is 0.837. The van der Waals surface area contributed by atoms with Crippen molar-refractivity contribution in [1.82, 2.24) is 0 Å². The molecule has 0 aromatic heterocycles. The number of benzene rings is 6. The molecule has 0 saturated heterocycles. The van der Waals surface area contributed by atoms with Gasteiger partial charge >= 0.3 is 47.8 Å². The smallest absolute Gasteiger partial charge is 0.343 e. The summed E-state index contributed by atoms with van der Waals surface area (Å²) in [4.78, 5) is 99.9. The van der Waals surface area contributed by atoms with Gasteiger partial charge in [-0.3, -0.25) is 0 Å². The maximum atomic E-state index is 13.8. The third-order valence-corrected chi connectivity index (χ3v) is 17.8. The minimum absolute atomic E-state index is 0.264. The first-order chi connectivity index (χ1) is 53.7. The number of carbonyl (C=O) groups is 8. The summed E-state index contributed by atoms with van der Waals surface area (Å²) in [5, 5.41) is 0. The zero-order valence-electron chi connectivity index (χ0n) is 63.9. The van der Waals surface area contributed by atoms with Gasteiger partial charge in [0.1, 0.15) is 46.0 Å². The average molecular weight is 1510 g/mol. The van der Waals surface area contributed by atoms with E-state index in [-0.39, 0.29) is 11.5 Å². The fourth-order valence-electron chi connectivity index (χ4n) is 11.5. The zero-order chi connectivity index (χ0) is 78.4. The third-order valence-electron chi connectivity index (χ3n) is 17.8. The Morgan fingerprint density at radius 3 is 0.664 bits per heavy atom. The minimum Gasteiger partial charge on any atom is -0.494 e. The van der Waals surface area contributed by atoms with Crippen LogP contribution in [0.1, 0.15) is 232 Å². The lowest BCUT2D eigenvalue weighted by Crippen LogP contribution is -2.11. The highest BCUT2D eigenvalue weighted by molar-refractivity contribution is 5.94. The van der Waals surface area contributed by atoms with Crippen LogP contribution in [0.4, 0.5) is 0 Å². The first kappa shape index (κ1) is 88.1. The zero-order valence-corrected chi connectivity index (χ0v) is 63.9. The first-order valence-corrected chi connectivity index (χ1v) is 39.0. The van der Waals surface area contributed by atoms with Crippen molar-refractivity contribution in [2.45, 2.75) is 193 Å². The topological polar surface area (TPSA) is 247 Å². The van der Waals surface area contributed by atoms with Gasteiger partial charge in [-0.05, 0) is 222 Å². The number of carbonyl (C=O) groups excluding carboxylic acids is 8. The molecule has 0 radical (unpaired) electrons. The van der Waals surface area contributed by atoms with Crippen molar-refractivity contribution >= 4 is 47.8 Å². The SMILES string of the molecule is C=CC(=O)OCCCCCCCCOc1ccc(C(=O)Oc2ccc(OC(=O)c3ccc(OCCCCCCCCOC(=O)C=C)cc3)c(CCCCCCc3cc(OC(=O)c4ccc(OCCCCCCCCOC(=O)C=C)cc4)ccc3OC(=O)c3ccc(OCCCCCCCCOC(=O)C=C)cc3)c2)cc1. The summed E-state index contributed by atoms with van der Waals surface area (Å²) in [5.41, 5.74) is 2.57. The second-order valence-electron chi connectivity index (χ2n) is 26.5. The monoisotopic (exact) mass is 1510 g/mol. The molecule has 590 valence electrons. The number of hydrogen-bond donors (Lipinski definition) is 0. The second-order valence-corrected chi connectivity index (χ2v) is 26.5. The van der Waals surface area contributed by atoms with Crippen molar-refractivity contribution in [3.63, 3.8) is 0 Å². The highest BCUT2D eigenvalue weighted by Gasteiger charge is 2.19. The van der Waals surface area contributed by atoms with Gasteiger partial charge in [-0.2, -0.15) is 0 Å². The van der Waals surface area contributed by atoms with Crippen LogP contribution in [-0.2, 0) is 51.0 Å². The molecule has 0 aliphatic carbocycles. The predicted octanol–water partition coefficient (Wildman–Crippen LogP) is 19.7. The highest BCUT2D eigenvalue weighted by Crippen LogP contribution is 2.32. The van der Waals surface area contributed by atoms with Gasteiger partial charge in [0.15, 0.2) is 0 Å². The van der Waals surface area contributed by atoms with Gasteiger partial charge in [-0.25, -0.2) is 38.4 Å². The lowest BCUT2D eigenvalue weighted by atomic mass is 10.0. The van der Waals surface area contributed by atoms with Crippen molar-refractivity contribution in [1.29, 1.82) is 0 Å². The third kappa shape index (κ3) is 36.9. The van der Waals surface area contributed by atoms with Crippen molar-refractivity contribution in [2.24, 2.45) is 0 Å². The Bertz CT molecular complexity index is 3540. The van der Waals surface area contributed by atoms with Crippen molar-refractivity contribution < 1.29 is 95.2 Å². The van der Waals surface area contributed by atoms with E-state index in [4.69, 9.17) is 56.8 Å². The van der Waals surface area contributed by atoms with E-state index in [0.29, 0.717) is 146 Å². The van der Waals surface area contributed by atoms with E-state index in [2.05, 4.69) is 26.3 Å². The van der Waals surface area contributed by atoms with Crippen LogP contribution in [0.3, 0.4) is 0 Å². The summed E-state index contributed by atoms with van der Waals surface area (Å²) in [7, 11) is 0. The minimum atomic E-state index is -0.579. The quantitative estimate of drug-likeness (QED) is 0.0113. The van der Waals surface area contributed by atoms with E-state index in [0.717, 1.165) is 167 Å². The second kappa shape index (κ2) is 53.9. The van der Waals surface area contributed by atoms with Crippen LogP contribution in [0, 0.1) is 0 Å². The van der Waals surface area contributed by atoms with Gasteiger partial charge in [0.2, 0.25) is 0 Å². The van der Waals surface area contributed by atoms with Crippen LogP contribution >= 0.6 is 0 Å². The summed E-state index contributed by atoms with van der Waals surface area (Å²) in [5.74, 6) is -0.293. The van der Waals surface area contributed by atoms with Crippen molar-refractivity contribution in [3.8, 4) is 46.0 Å². The summed E-state index contributed by atoms with van der Waals surface area (Å²) in [6.07, 6.45) is 31.1. The maximum absolute atomic E-state index is 13.8. The molecule has 20 nitrogen and oxygen atoms in total. The number of unbranched alkanes of at least 4 members (excludes halogenated alkanes) is 23. The Balaban J connectivity index is 1.06. The Labute approximate surface area is 648 Å². The van der Waals surface area contributed by atoms with Crippen LogP contribution < -0.4 is 37.9 Å². The molecule has 0 unspecified atom stereocenters. The van der Waals surface area contributed by atoms with Crippen molar-refractivity contribution in [3.05, 3.63) is 217 Å². The van der Waals surface area contributed by atoms with E-state index in [9.17, 15) is 38.4 Å². The molecule has 0 heterocycles. The van der Waals surface area contributed by atoms with Crippen LogP contribution in [0.2, 0.25) is 0 Å². The molecule has 0 saturated carbocycles. The lowest BCUT2D eigenvalue weighted by molar-refractivity contribution is -0.138. The van der Waals surface area contributed by atoms with Gasteiger partial charge in [0.25, 0.3) is 0 Å². The van der Waals surface area contributed by atoms with E-state index < -0.39 is 47.8 Å². The number of aryl methyl sites for hydroxylation is 2. The van der Waals surface area contributed by atoms with E-state index >= 15 is 0 Å². The maximum Gasteiger partial charge on any atom is 0.343 e. The van der Waals surface area contributed by atoms with Crippen LogP contribution in [0.15, 0.2) is 184 Å². The fourth-order valence-corrected chi connectivity index (χ4v) is 11.5. The molecule has 0 bridgehead atoms. The predicted molar refractivity (Wildman–Crippen MR) is 422 cm³/mol. The fraction of sp³-hybridized carbons (Fsp3) is 0.422. The Kier molecular flexibility index (Phi) is 43.2. The molecule has 0 fully saturated rings. The van der Waals surface area contributed by atoms with E-state index in [1.54, 1.807) is 133 Å². The number of hydrogen-bond acceptors (Lipinski definition) is 20. The summed E-state index contributed by atoms with van der Waals surface area (Å²) >= 11 is 0. The molecule has 0 aliphatic rings. The van der Waals surface area contributed by atoms with Crippen LogP contribution in [0.25, 0.3) is 0 Å². The first-order valence-electron chi connectivity index (χ1n) is 39.0. The Morgan fingerprint density at radius 1 is 0.227 bits per heavy atom. The van der Waals surface area contributed by atoms with Crippen LogP contribution in [-0.4, -0.2) is 101 Å². The van der Waals surface area contributed by atoms with Crippen molar-refractivity contribution in [2.75, 3.05) is 52.9 Å². The molecule has 6 aromatic rings. The normalized spacial score (nSPS) is 10.7. The summed E-state index contributed by atoms with van der Waals surface area (Å²) in [6, 6.07) is 37.0. The molecule has 6 aromatic carbocycles. The largest absolute Gasteiger partial charge is 0.494 e. The van der Waals surface area contributed by atoms with E-state index in [1.807, 2.05) is 0 Å². The molecule has 0 N–H and O–H groups in total.